The minimum Gasteiger partial charge on any atom is -0.457 e. The number of hydrogen-bond acceptors (Lipinski definition) is 9. The van der Waals surface area contributed by atoms with Crippen molar-refractivity contribution in [1.82, 2.24) is 0 Å². The molecule has 6 unspecified atom stereocenters. The highest BCUT2D eigenvalue weighted by molar-refractivity contribution is 5.69. The lowest BCUT2D eigenvalue weighted by molar-refractivity contribution is -0.305. The van der Waals surface area contributed by atoms with Crippen molar-refractivity contribution in [3.05, 3.63) is 48.6 Å². The summed E-state index contributed by atoms with van der Waals surface area (Å²) in [5, 5.41) is 40.2. The topological polar surface area (TPSA) is 135 Å². The Morgan fingerprint density at radius 1 is 0.552 bits per heavy atom. The van der Waals surface area contributed by atoms with E-state index in [1.165, 1.54) is 109 Å². The molecule has 9 nitrogen and oxygen atoms in total. The van der Waals surface area contributed by atoms with E-state index >= 15 is 0 Å². The second-order valence-corrected chi connectivity index (χ2v) is 16.2. The minimum absolute atomic E-state index is 0.122. The summed E-state index contributed by atoms with van der Waals surface area (Å²) in [6.45, 7) is 4.50. The molecule has 1 saturated heterocycles. The van der Waals surface area contributed by atoms with Gasteiger partial charge in [0.2, 0.25) is 0 Å². The molecule has 0 aromatic heterocycles. The van der Waals surface area contributed by atoms with Crippen LogP contribution in [-0.2, 0) is 23.7 Å². The third kappa shape index (κ3) is 31.1. The van der Waals surface area contributed by atoms with Gasteiger partial charge >= 0.3 is 5.97 Å². The first-order valence-corrected chi connectivity index (χ1v) is 23.7. The van der Waals surface area contributed by atoms with Crippen molar-refractivity contribution in [3.63, 3.8) is 0 Å². The molecular weight excluding hydrogens is 733 g/mol. The summed E-state index contributed by atoms with van der Waals surface area (Å²) in [6, 6.07) is 0. The highest BCUT2D eigenvalue weighted by Gasteiger charge is 2.44. The molecule has 0 aliphatic carbocycles. The van der Waals surface area contributed by atoms with Gasteiger partial charge in [0, 0.05) is 13.0 Å². The minimum atomic E-state index is -1.54. The van der Waals surface area contributed by atoms with Gasteiger partial charge in [-0.2, -0.15) is 0 Å². The molecule has 0 aromatic carbocycles. The van der Waals surface area contributed by atoms with Gasteiger partial charge in [0.05, 0.1) is 19.8 Å². The van der Waals surface area contributed by atoms with Crippen LogP contribution in [0.3, 0.4) is 0 Å². The van der Waals surface area contributed by atoms with E-state index in [0.29, 0.717) is 13.0 Å². The number of allylic oxidation sites excluding steroid dienone is 8. The molecule has 9 heteroatoms. The molecule has 0 saturated carbocycles. The summed E-state index contributed by atoms with van der Waals surface area (Å²) in [4.78, 5) is 12.8. The van der Waals surface area contributed by atoms with Crippen LogP contribution in [0.4, 0.5) is 0 Å². The average Bonchev–Trinajstić information content (AvgIpc) is 3.22. The quantitative estimate of drug-likeness (QED) is 0.0271. The zero-order valence-corrected chi connectivity index (χ0v) is 37.0. The van der Waals surface area contributed by atoms with Crippen molar-refractivity contribution < 1.29 is 44.2 Å². The van der Waals surface area contributed by atoms with E-state index in [-0.39, 0.29) is 19.2 Å². The third-order valence-corrected chi connectivity index (χ3v) is 10.7. The molecule has 1 rings (SSSR count). The first kappa shape index (κ1) is 54.2. The van der Waals surface area contributed by atoms with Crippen molar-refractivity contribution in [2.24, 2.45) is 0 Å². The lowest BCUT2D eigenvalue weighted by Gasteiger charge is -2.39. The van der Waals surface area contributed by atoms with Crippen LogP contribution >= 0.6 is 0 Å². The fraction of sp³-hybridized carbons (Fsp3) is 0.816. The van der Waals surface area contributed by atoms with Crippen molar-refractivity contribution in [2.45, 2.75) is 230 Å². The van der Waals surface area contributed by atoms with E-state index < -0.39 is 43.4 Å². The fourth-order valence-electron chi connectivity index (χ4n) is 6.96. The van der Waals surface area contributed by atoms with Gasteiger partial charge in [-0.1, -0.05) is 159 Å². The summed E-state index contributed by atoms with van der Waals surface area (Å²) < 4.78 is 22.8. The maximum Gasteiger partial charge on any atom is 0.306 e. The zero-order valence-electron chi connectivity index (χ0n) is 37.0. The lowest BCUT2D eigenvalue weighted by atomic mass is 9.99. The SMILES string of the molecule is CCCCCC/C=C\C/C=C\CCCCCCCCCCOCC(COC1OC(CO)C(O)C(O)C1O)OC(=O)CCCCCCC/C=C\C/C=C\CCCCCC. The Morgan fingerprint density at radius 2 is 1.00 bits per heavy atom. The van der Waals surface area contributed by atoms with Gasteiger partial charge in [-0.3, -0.25) is 4.79 Å². The molecule has 58 heavy (non-hydrogen) atoms. The number of aliphatic hydroxyl groups excluding tert-OH is 4. The van der Waals surface area contributed by atoms with E-state index in [9.17, 15) is 25.2 Å². The second-order valence-electron chi connectivity index (χ2n) is 16.2. The van der Waals surface area contributed by atoms with Crippen LogP contribution in [0.5, 0.6) is 0 Å². The van der Waals surface area contributed by atoms with Gasteiger partial charge in [0.25, 0.3) is 0 Å². The van der Waals surface area contributed by atoms with E-state index in [1.54, 1.807) is 0 Å². The van der Waals surface area contributed by atoms with E-state index in [4.69, 9.17) is 18.9 Å². The van der Waals surface area contributed by atoms with Gasteiger partial charge in [0.1, 0.15) is 30.5 Å². The van der Waals surface area contributed by atoms with Gasteiger partial charge in [-0.15, -0.1) is 0 Å². The summed E-state index contributed by atoms with van der Waals surface area (Å²) in [7, 11) is 0. The van der Waals surface area contributed by atoms with Crippen LogP contribution < -0.4 is 0 Å². The normalized spacial score (nSPS) is 20.7. The number of hydrogen-bond donors (Lipinski definition) is 4. The maximum absolute atomic E-state index is 12.8. The fourth-order valence-corrected chi connectivity index (χ4v) is 6.96. The Labute approximate surface area is 354 Å². The molecule has 1 aliphatic rings. The van der Waals surface area contributed by atoms with Gasteiger partial charge < -0.3 is 39.4 Å². The van der Waals surface area contributed by atoms with Gasteiger partial charge in [-0.05, 0) is 77.0 Å². The Bertz CT molecular complexity index is 1030. The molecule has 0 amide bonds. The molecule has 0 spiro atoms. The predicted octanol–water partition coefficient (Wildman–Crippen LogP) is 10.9. The van der Waals surface area contributed by atoms with Gasteiger partial charge in [-0.25, -0.2) is 0 Å². The summed E-state index contributed by atoms with van der Waals surface area (Å²) in [6.07, 6.45) is 42.7. The number of ether oxygens (including phenoxy) is 4. The molecular formula is C49H88O9. The Kier molecular flexibility index (Phi) is 37.9. The smallest absolute Gasteiger partial charge is 0.306 e. The molecule has 4 N–H and O–H groups in total. The molecule has 0 aromatic rings. The Morgan fingerprint density at radius 3 is 1.48 bits per heavy atom. The number of aliphatic hydroxyl groups is 4. The maximum atomic E-state index is 12.8. The second kappa shape index (κ2) is 40.6. The molecule has 0 bridgehead atoms. The summed E-state index contributed by atoms with van der Waals surface area (Å²) >= 11 is 0. The van der Waals surface area contributed by atoms with Crippen molar-refractivity contribution in [1.29, 1.82) is 0 Å². The Balaban J connectivity index is 2.26. The van der Waals surface area contributed by atoms with Crippen LogP contribution in [0.2, 0.25) is 0 Å². The van der Waals surface area contributed by atoms with Crippen molar-refractivity contribution in [2.75, 3.05) is 26.4 Å². The number of rotatable bonds is 40. The first-order valence-electron chi connectivity index (χ1n) is 23.7. The molecule has 1 fully saturated rings. The van der Waals surface area contributed by atoms with Crippen LogP contribution in [-0.4, -0.2) is 89.6 Å². The third-order valence-electron chi connectivity index (χ3n) is 10.7. The first-order chi connectivity index (χ1) is 28.4. The predicted molar refractivity (Wildman–Crippen MR) is 238 cm³/mol. The monoisotopic (exact) mass is 821 g/mol. The summed E-state index contributed by atoms with van der Waals surface area (Å²) in [5.41, 5.74) is 0. The molecule has 0 radical (unpaired) electrons. The number of esters is 1. The van der Waals surface area contributed by atoms with E-state index in [1.807, 2.05) is 0 Å². The molecule has 6 atom stereocenters. The summed E-state index contributed by atoms with van der Waals surface area (Å²) in [5.74, 6) is -0.330. The molecule has 338 valence electrons. The highest BCUT2D eigenvalue weighted by Crippen LogP contribution is 2.22. The van der Waals surface area contributed by atoms with Crippen molar-refractivity contribution >= 4 is 5.97 Å². The van der Waals surface area contributed by atoms with E-state index in [0.717, 1.165) is 64.2 Å². The molecule has 1 heterocycles. The number of carbonyl (C=O) groups is 1. The number of carbonyl (C=O) groups excluding carboxylic acids is 1. The van der Waals surface area contributed by atoms with Crippen LogP contribution in [0.15, 0.2) is 48.6 Å². The largest absolute Gasteiger partial charge is 0.457 e. The number of unbranched alkanes of at least 4 members (excludes halogenated alkanes) is 21. The van der Waals surface area contributed by atoms with Gasteiger partial charge in [0.15, 0.2) is 6.29 Å². The van der Waals surface area contributed by atoms with Crippen molar-refractivity contribution in [3.8, 4) is 0 Å². The van der Waals surface area contributed by atoms with Crippen LogP contribution in [0.1, 0.15) is 194 Å². The standard InChI is InChI=1S/C49H88O9/c1-3-5-7-9-11-13-15-17-19-21-22-23-25-27-29-31-33-35-37-39-55-41-43(42-56-49-48(54)47(53)46(52)44(40-50)58-49)57-45(51)38-36-34-32-30-28-26-24-20-18-16-14-12-10-8-6-4-2/h13-16,19-21,24,43-44,46-50,52-54H,3-12,17-18,22-23,25-42H2,1-2H3/b15-13-,16-14-,21-19-,24-20-. The Hall–Kier alpha value is -1.85. The molecule has 1 aliphatic heterocycles. The lowest BCUT2D eigenvalue weighted by Crippen LogP contribution is -2.59. The van der Waals surface area contributed by atoms with Crippen LogP contribution in [0.25, 0.3) is 0 Å². The average molecular weight is 821 g/mol. The van der Waals surface area contributed by atoms with Crippen LogP contribution in [0, 0.1) is 0 Å². The van der Waals surface area contributed by atoms with E-state index in [2.05, 4.69) is 62.5 Å². The highest BCUT2D eigenvalue weighted by atomic mass is 16.7. The zero-order chi connectivity index (χ0) is 42.2.